The zero-order valence-electron chi connectivity index (χ0n) is 27.2. The summed E-state index contributed by atoms with van der Waals surface area (Å²) in [6.07, 6.45) is 11.8. The van der Waals surface area contributed by atoms with Gasteiger partial charge in [-0.25, -0.2) is 0 Å². The summed E-state index contributed by atoms with van der Waals surface area (Å²) in [5.74, 6) is -0.906. The van der Waals surface area contributed by atoms with Gasteiger partial charge in [0, 0.05) is 24.8 Å². The van der Waals surface area contributed by atoms with E-state index in [4.69, 9.17) is 23.7 Å². The zero-order valence-corrected chi connectivity index (χ0v) is 27.2. The minimum atomic E-state index is -0.353. The summed E-state index contributed by atoms with van der Waals surface area (Å²) < 4.78 is 32.0. The highest BCUT2D eigenvalue weighted by molar-refractivity contribution is 5.73. The van der Waals surface area contributed by atoms with E-state index in [2.05, 4.69) is 26.1 Å². The summed E-state index contributed by atoms with van der Waals surface area (Å²) in [7, 11) is 2.03. The SMILES string of the molecule is CCCC(CC1CCC(C(C)C2CC3CCC(O3)C(CC)C(=O)OC(CCC)CC3CCC(O3)C(C)C(=O)O2)O1)NC. The van der Waals surface area contributed by atoms with E-state index in [0.29, 0.717) is 25.3 Å². The van der Waals surface area contributed by atoms with Crippen molar-refractivity contribution in [3.63, 3.8) is 0 Å². The molecule has 0 spiro atoms. The third kappa shape index (κ3) is 8.70. The van der Waals surface area contributed by atoms with Crippen molar-refractivity contribution in [2.24, 2.45) is 17.8 Å². The van der Waals surface area contributed by atoms with Crippen molar-refractivity contribution >= 4 is 11.9 Å². The Bertz CT molecular complexity index is 854. The molecule has 0 aromatic carbocycles. The number of hydrogen-bond acceptors (Lipinski definition) is 8. The monoisotopic (exact) mass is 593 g/mol. The Hall–Kier alpha value is -1.22. The number of nitrogens with one attached hydrogen (secondary N) is 1. The summed E-state index contributed by atoms with van der Waals surface area (Å²) in [5, 5.41) is 3.45. The van der Waals surface area contributed by atoms with E-state index in [1.54, 1.807) is 0 Å². The second-order valence-electron chi connectivity index (χ2n) is 13.6. The Morgan fingerprint density at radius 1 is 0.786 bits per heavy atom. The molecule has 12 unspecified atom stereocenters. The molecule has 4 rings (SSSR count). The van der Waals surface area contributed by atoms with E-state index in [0.717, 1.165) is 70.6 Å². The average molecular weight is 594 g/mol. The van der Waals surface area contributed by atoms with Gasteiger partial charge in [-0.3, -0.25) is 9.59 Å². The van der Waals surface area contributed by atoms with Gasteiger partial charge in [-0.1, -0.05) is 40.5 Å². The molecule has 0 amide bonds. The Morgan fingerprint density at radius 3 is 2.19 bits per heavy atom. The molecular weight excluding hydrogens is 534 g/mol. The zero-order chi connectivity index (χ0) is 30.2. The molecule has 0 radical (unpaired) electrons. The third-order valence-corrected chi connectivity index (χ3v) is 10.5. The third-order valence-electron chi connectivity index (χ3n) is 10.5. The van der Waals surface area contributed by atoms with Crippen LogP contribution in [0.4, 0.5) is 0 Å². The van der Waals surface area contributed by atoms with Crippen LogP contribution in [0, 0.1) is 17.8 Å². The molecular formula is C34H59NO7. The quantitative estimate of drug-likeness (QED) is 0.303. The van der Waals surface area contributed by atoms with Crippen LogP contribution in [0.3, 0.4) is 0 Å². The molecule has 0 aromatic heterocycles. The topological polar surface area (TPSA) is 92.3 Å². The smallest absolute Gasteiger partial charge is 0.311 e. The Balaban J connectivity index is 1.49. The highest BCUT2D eigenvalue weighted by Gasteiger charge is 2.43. The van der Waals surface area contributed by atoms with Crippen LogP contribution < -0.4 is 5.32 Å². The lowest BCUT2D eigenvalue weighted by atomic mass is 9.90. The van der Waals surface area contributed by atoms with Crippen molar-refractivity contribution in [3.05, 3.63) is 0 Å². The largest absolute Gasteiger partial charge is 0.462 e. The minimum Gasteiger partial charge on any atom is -0.462 e. The van der Waals surface area contributed by atoms with E-state index < -0.39 is 0 Å². The van der Waals surface area contributed by atoms with E-state index >= 15 is 0 Å². The molecule has 4 saturated heterocycles. The summed E-state index contributed by atoms with van der Waals surface area (Å²) in [4.78, 5) is 27.0. The van der Waals surface area contributed by atoms with Crippen LogP contribution in [-0.2, 0) is 33.3 Å². The molecule has 4 aliphatic rings. The highest BCUT2D eigenvalue weighted by Crippen LogP contribution is 2.37. The molecule has 42 heavy (non-hydrogen) atoms. The first-order valence-electron chi connectivity index (χ1n) is 17.3. The van der Waals surface area contributed by atoms with Crippen molar-refractivity contribution in [1.82, 2.24) is 5.32 Å². The summed E-state index contributed by atoms with van der Waals surface area (Å²) >= 11 is 0. The number of ether oxygens (including phenoxy) is 5. The normalized spacial score (nSPS) is 39.6. The summed E-state index contributed by atoms with van der Waals surface area (Å²) in [6.45, 7) is 10.5. The second-order valence-corrected chi connectivity index (χ2v) is 13.6. The van der Waals surface area contributed by atoms with Crippen LogP contribution in [0.1, 0.15) is 125 Å². The molecule has 12 atom stereocenters. The molecule has 8 heteroatoms. The number of fused-ring (bicyclic) bond motifs is 4. The van der Waals surface area contributed by atoms with Gasteiger partial charge in [0.1, 0.15) is 12.2 Å². The molecule has 8 nitrogen and oxygen atoms in total. The fourth-order valence-electron chi connectivity index (χ4n) is 7.77. The Morgan fingerprint density at radius 2 is 1.50 bits per heavy atom. The number of carbonyl (C=O) groups excluding carboxylic acids is 2. The lowest BCUT2D eigenvalue weighted by Gasteiger charge is -2.32. The number of rotatable bonds is 10. The lowest BCUT2D eigenvalue weighted by Crippen LogP contribution is -2.40. The number of cyclic esters (lactones) is 2. The number of hydrogen-bond donors (Lipinski definition) is 1. The number of carbonyl (C=O) groups is 2. The van der Waals surface area contributed by atoms with Crippen LogP contribution in [-0.4, -0.2) is 73.9 Å². The molecule has 0 saturated carbocycles. The predicted octanol–water partition coefficient (Wildman–Crippen LogP) is 6.12. The van der Waals surface area contributed by atoms with Gasteiger partial charge in [0.15, 0.2) is 0 Å². The first-order valence-corrected chi connectivity index (χ1v) is 17.3. The van der Waals surface area contributed by atoms with Crippen molar-refractivity contribution in [1.29, 1.82) is 0 Å². The molecule has 4 bridgehead atoms. The number of esters is 2. The maximum Gasteiger partial charge on any atom is 0.311 e. The van der Waals surface area contributed by atoms with Gasteiger partial charge in [-0.2, -0.15) is 0 Å². The van der Waals surface area contributed by atoms with E-state index in [1.807, 2.05) is 20.9 Å². The van der Waals surface area contributed by atoms with Gasteiger partial charge >= 0.3 is 11.9 Å². The van der Waals surface area contributed by atoms with Crippen LogP contribution in [0.15, 0.2) is 0 Å². The Labute approximate surface area is 254 Å². The second kappa shape index (κ2) is 16.2. The van der Waals surface area contributed by atoms with Crippen LogP contribution in [0.5, 0.6) is 0 Å². The van der Waals surface area contributed by atoms with Crippen molar-refractivity contribution in [2.75, 3.05) is 7.05 Å². The average Bonchev–Trinajstić information content (AvgIpc) is 3.74. The van der Waals surface area contributed by atoms with E-state index in [-0.39, 0.29) is 78.5 Å². The molecule has 1 N–H and O–H groups in total. The summed E-state index contributed by atoms with van der Waals surface area (Å²) in [5.41, 5.74) is 0. The standard InChI is InChI=1S/C34H59NO7/c1-7-10-23(35-6)18-25-12-15-29(38-25)21(4)32-20-27-14-17-31(40-27)28(9-3)34(37)41-24(11-8-2)19-26-13-16-30(39-26)22(5)33(36)42-32/h21-32,35H,7-20H2,1-6H3. The van der Waals surface area contributed by atoms with Gasteiger partial charge in [0.2, 0.25) is 0 Å². The molecule has 242 valence electrons. The van der Waals surface area contributed by atoms with Crippen molar-refractivity contribution < 1.29 is 33.3 Å². The van der Waals surface area contributed by atoms with Crippen LogP contribution in [0.25, 0.3) is 0 Å². The molecule has 4 fully saturated rings. The lowest BCUT2D eigenvalue weighted by molar-refractivity contribution is -0.169. The fourth-order valence-corrected chi connectivity index (χ4v) is 7.77. The predicted molar refractivity (Wildman–Crippen MR) is 162 cm³/mol. The first kappa shape index (κ1) is 33.7. The van der Waals surface area contributed by atoms with Gasteiger partial charge in [-0.05, 0) is 78.2 Å². The maximum atomic E-state index is 13.6. The molecule has 0 aromatic rings. The first-order chi connectivity index (χ1) is 20.3. The Kier molecular flexibility index (Phi) is 13.0. The van der Waals surface area contributed by atoms with Gasteiger partial charge in [0.05, 0.1) is 48.5 Å². The molecule has 4 aliphatic heterocycles. The van der Waals surface area contributed by atoms with Gasteiger partial charge in [-0.15, -0.1) is 0 Å². The van der Waals surface area contributed by atoms with Gasteiger partial charge in [0.25, 0.3) is 0 Å². The van der Waals surface area contributed by atoms with Crippen LogP contribution >= 0.6 is 0 Å². The fraction of sp³-hybridized carbons (Fsp3) is 0.941. The summed E-state index contributed by atoms with van der Waals surface area (Å²) in [6, 6.07) is 0.463. The van der Waals surface area contributed by atoms with Crippen molar-refractivity contribution in [3.8, 4) is 0 Å². The molecule has 0 aliphatic carbocycles. The van der Waals surface area contributed by atoms with E-state index in [9.17, 15) is 9.59 Å². The van der Waals surface area contributed by atoms with E-state index in [1.165, 1.54) is 0 Å². The van der Waals surface area contributed by atoms with Crippen molar-refractivity contribution in [2.45, 2.75) is 179 Å². The highest BCUT2D eigenvalue weighted by atomic mass is 16.6. The minimum absolute atomic E-state index is 0.0117. The maximum absolute atomic E-state index is 13.6. The molecule has 4 heterocycles. The van der Waals surface area contributed by atoms with Crippen LogP contribution in [0.2, 0.25) is 0 Å². The van der Waals surface area contributed by atoms with Gasteiger partial charge < -0.3 is 29.0 Å².